The highest BCUT2D eigenvalue weighted by molar-refractivity contribution is 7.89. The Hall–Kier alpha value is -1.20. The van der Waals surface area contributed by atoms with E-state index in [1.807, 2.05) is 6.92 Å². The Morgan fingerprint density at radius 1 is 1.19 bits per heavy atom. The lowest BCUT2D eigenvalue weighted by Gasteiger charge is -2.01. The number of benzene rings is 1. The van der Waals surface area contributed by atoms with Crippen LogP contribution in [-0.2, 0) is 10.2 Å². The first kappa shape index (κ1) is 11.3. The van der Waals surface area contributed by atoms with Crippen molar-refractivity contribution in [1.29, 1.82) is 0 Å². The van der Waals surface area contributed by atoms with Crippen molar-refractivity contribution in [3.05, 3.63) is 34.9 Å². The fourth-order valence-corrected chi connectivity index (χ4v) is 2.53. The van der Waals surface area contributed by atoms with Crippen LogP contribution in [0.5, 0.6) is 0 Å². The minimum absolute atomic E-state index is 0.416. The van der Waals surface area contributed by atoms with Crippen molar-refractivity contribution < 1.29 is 8.42 Å². The summed E-state index contributed by atoms with van der Waals surface area (Å²) in [5, 5.41) is 0.597. The Labute approximate surface area is 98.9 Å². The van der Waals surface area contributed by atoms with Crippen molar-refractivity contribution in [3.8, 4) is 0 Å². The van der Waals surface area contributed by atoms with Crippen molar-refractivity contribution >= 4 is 33.2 Å². The minimum Gasteiger partial charge on any atom is -0.179 e. The van der Waals surface area contributed by atoms with E-state index in [1.165, 1.54) is 0 Å². The number of hydrogen-bond donors (Lipinski definition) is 0. The zero-order valence-electron chi connectivity index (χ0n) is 8.51. The van der Waals surface area contributed by atoms with Crippen molar-refractivity contribution in [2.75, 3.05) is 0 Å². The second-order valence-electron chi connectivity index (χ2n) is 3.29. The van der Waals surface area contributed by atoms with E-state index in [0.717, 1.165) is 0 Å². The average molecular weight is 257 g/mol. The van der Waals surface area contributed by atoms with E-state index in [-0.39, 0.29) is 0 Å². The zero-order chi connectivity index (χ0) is 11.8. The summed E-state index contributed by atoms with van der Waals surface area (Å²) in [4.78, 5) is 0. The maximum absolute atomic E-state index is 11.2. The van der Waals surface area contributed by atoms with Crippen LogP contribution in [0.15, 0.2) is 33.1 Å². The van der Waals surface area contributed by atoms with E-state index in [9.17, 15) is 8.42 Å². The quantitative estimate of drug-likeness (QED) is 0.815. The molecular formula is C10H9ClN2O2S. The Morgan fingerprint density at radius 2 is 1.81 bits per heavy atom. The largest absolute Gasteiger partial charge is 0.363 e. The molecule has 0 aliphatic carbocycles. The molecule has 1 aromatic rings. The predicted octanol–water partition coefficient (Wildman–Crippen LogP) is 2.24. The highest BCUT2D eigenvalue weighted by Gasteiger charge is 2.23. The maximum Gasteiger partial charge on any atom is 0.363 e. The summed E-state index contributed by atoms with van der Waals surface area (Å²) in [6, 6.07) is 6.84. The molecule has 1 aliphatic rings. The normalized spacial score (nSPS) is 18.1. The van der Waals surface area contributed by atoms with Crippen molar-refractivity contribution in [1.82, 2.24) is 0 Å². The molecule has 0 N–H and O–H groups in total. The molecule has 1 aromatic carbocycles. The summed E-state index contributed by atoms with van der Waals surface area (Å²) in [7, 11) is -3.67. The summed E-state index contributed by atoms with van der Waals surface area (Å²) in [5.74, 6) is 0. The highest BCUT2D eigenvalue weighted by Crippen LogP contribution is 2.17. The molecule has 16 heavy (non-hydrogen) atoms. The molecule has 6 heteroatoms. The van der Waals surface area contributed by atoms with Gasteiger partial charge in [-0.3, -0.25) is 0 Å². The van der Waals surface area contributed by atoms with Crippen LogP contribution in [0.25, 0.3) is 0 Å². The van der Waals surface area contributed by atoms with Crippen molar-refractivity contribution in [3.63, 3.8) is 0 Å². The smallest absolute Gasteiger partial charge is 0.179 e. The molecule has 84 valence electrons. The number of rotatable bonds is 2. The molecule has 0 radical (unpaired) electrons. The van der Waals surface area contributed by atoms with Gasteiger partial charge in [0.1, 0.15) is 5.71 Å². The summed E-state index contributed by atoms with van der Waals surface area (Å²) in [5.41, 5.74) is 1.62. The molecule has 1 aliphatic heterocycles. The first-order valence-corrected chi connectivity index (χ1v) is 6.49. The molecule has 0 aromatic heterocycles. The van der Waals surface area contributed by atoms with Gasteiger partial charge in [0, 0.05) is 10.6 Å². The van der Waals surface area contributed by atoms with Gasteiger partial charge in [0.2, 0.25) is 0 Å². The first-order valence-electron chi connectivity index (χ1n) is 4.72. The fraction of sp³-hybridized carbons (Fsp3) is 0.200. The standard InChI is InChI=1S/C10H9ClN2O2S/c1-2-9-10(13-16(14,15)12-9)7-3-5-8(11)6-4-7/h3-6H,2H2,1H3. The van der Waals surface area contributed by atoms with Gasteiger partial charge >= 0.3 is 10.2 Å². The topological polar surface area (TPSA) is 58.9 Å². The lowest BCUT2D eigenvalue weighted by atomic mass is 10.0. The van der Waals surface area contributed by atoms with Crippen LogP contribution in [0.4, 0.5) is 0 Å². The second kappa shape index (κ2) is 3.99. The molecule has 0 saturated carbocycles. The molecule has 2 rings (SSSR count). The van der Waals surface area contributed by atoms with Crippen LogP contribution in [0.2, 0.25) is 5.02 Å². The van der Waals surface area contributed by atoms with Gasteiger partial charge in [-0.1, -0.05) is 30.7 Å². The van der Waals surface area contributed by atoms with Gasteiger partial charge in [-0.15, -0.1) is 8.80 Å². The van der Waals surface area contributed by atoms with Crippen molar-refractivity contribution in [2.45, 2.75) is 13.3 Å². The Bertz CT molecular complexity index is 573. The van der Waals surface area contributed by atoms with E-state index >= 15 is 0 Å². The third kappa shape index (κ3) is 2.15. The molecule has 1 heterocycles. The average Bonchev–Trinajstić information content (AvgIpc) is 2.55. The summed E-state index contributed by atoms with van der Waals surface area (Å²) < 4.78 is 29.7. The van der Waals surface area contributed by atoms with Gasteiger partial charge in [-0.05, 0) is 18.6 Å². The van der Waals surface area contributed by atoms with E-state index in [2.05, 4.69) is 8.80 Å². The van der Waals surface area contributed by atoms with Crippen molar-refractivity contribution in [2.24, 2.45) is 8.80 Å². The Morgan fingerprint density at radius 3 is 2.38 bits per heavy atom. The zero-order valence-corrected chi connectivity index (χ0v) is 10.1. The Kier molecular flexibility index (Phi) is 2.82. The monoisotopic (exact) mass is 256 g/mol. The highest BCUT2D eigenvalue weighted by atomic mass is 35.5. The van der Waals surface area contributed by atoms with E-state index < -0.39 is 10.2 Å². The van der Waals surface area contributed by atoms with Crippen LogP contribution in [-0.4, -0.2) is 19.8 Å². The van der Waals surface area contributed by atoms with Gasteiger partial charge in [0.25, 0.3) is 0 Å². The van der Waals surface area contributed by atoms with Gasteiger partial charge < -0.3 is 0 Å². The number of hydrogen-bond acceptors (Lipinski definition) is 2. The molecule has 0 bridgehead atoms. The third-order valence-corrected chi connectivity index (χ3v) is 3.27. The SMILES string of the molecule is CCC1=NS(=O)(=O)N=C1c1ccc(Cl)cc1. The molecule has 0 atom stereocenters. The van der Waals surface area contributed by atoms with Crippen LogP contribution >= 0.6 is 11.6 Å². The number of nitrogens with zero attached hydrogens (tertiary/aromatic N) is 2. The predicted molar refractivity (Wildman–Crippen MR) is 64.6 cm³/mol. The van der Waals surface area contributed by atoms with E-state index in [4.69, 9.17) is 11.6 Å². The van der Waals surface area contributed by atoms with Crippen LogP contribution in [0.3, 0.4) is 0 Å². The minimum atomic E-state index is -3.67. The lowest BCUT2D eigenvalue weighted by Crippen LogP contribution is -2.10. The Balaban J connectivity index is 2.50. The second-order valence-corrected chi connectivity index (χ2v) is 4.98. The fourth-order valence-electron chi connectivity index (χ4n) is 1.43. The van der Waals surface area contributed by atoms with Gasteiger partial charge in [0.15, 0.2) is 0 Å². The molecule has 0 fully saturated rings. The van der Waals surface area contributed by atoms with Crippen LogP contribution in [0, 0.1) is 0 Å². The van der Waals surface area contributed by atoms with Gasteiger partial charge in [-0.25, -0.2) is 0 Å². The van der Waals surface area contributed by atoms with Gasteiger partial charge in [-0.2, -0.15) is 8.42 Å². The summed E-state index contributed by atoms with van der Waals surface area (Å²) in [6.07, 6.45) is 0.528. The molecule has 0 saturated heterocycles. The van der Waals surface area contributed by atoms with E-state index in [0.29, 0.717) is 28.4 Å². The van der Waals surface area contributed by atoms with Crippen LogP contribution < -0.4 is 0 Å². The lowest BCUT2D eigenvalue weighted by molar-refractivity contribution is 0.601. The summed E-state index contributed by atoms with van der Waals surface area (Å²) >= 11 is 5.76. The molecule has 0 unspecified atom stereocenters. The molecular weight excluding hydrogens is 248 g/mol. The summed E-state index contributed by atoms with van der Waals surface area (Å²) in [6.45, 7) is 1.84. The van der Waals surface area contributed by atoms with E-state index in [1.54, 1.807) is 24.3 Å². The molecule has 0 amide bonds. The molecule has 0 spiro atoms. The third-order valence-electron chi connectivity index (χ3n) is 2.16. The van der Waals surface area contributed by atoms with Crippen LogP contribution in [0.1, 0.15) is 18.9 Å². The number of halogens is 1. The first-order chi connectivity index (χ1) is 7.52. The maximum atomic E-state index is 11.2. The van der Waals surface area contributed by atoms with Gasteiger partial charge in [0.05, 0.1) is 5.71 Å². The molecule has 4 nitrogen and oxygen atoms in total.